The zero-order valence-corrected chi connectivity index (χ0v) is 12.5. The van der Waals surface area contributed by atoms with E-state index in [9.17, 15) is 13.5 Å². The molecule has 2 heterocycles. The second-order valence-electron chi connectivity index (χ2n) is 4.16. The van der Waals surface area contributed by atoms with Gasteiger partial charge in [-0.05, 0) is 29.3 Å². The van der Waals surface area contributed by atoms with Crippen LogP contribution in [-0.2, 0) is 16.6 Å². The molecule has 0 amide bonds. The van der Waals surface area contributed by atoms with E-state index >= 15 is 0 Å². The highest BCUT2D eigenvalue weighted by Gasteiger charge is 2.22. The van der Waals surface area contributed by atoms with Crippen LogP contribution in [0.15, 0.2) is 27.9 Å². The summed E-state index contributed by atoms with van der Waals surface area (Å²) in [5.41, 5.74) is 6.27. The Morgan fingerprint density at radius 2 is 2.35 bits per heavy atom. The van der Waals surface area contributed by atoms with Crippen LogP contribution in [0.3, 0.4) is 0 Å². The van der Waals surface area contributed by atoms with Gasteiger partial charge >= 0.3 is 0 Å². The molecule has 0 saturated heterocycles. The first-order valence-electron chi connectivity index (χ1n) is 5.96. The molecule has 110 valence electrons. The van der Waals surface area contributed by atoms with Gasteiger partial charge in [-0.3, -0.25) is 4.68 Å². The number of nitrogen functional groups attached to an aromatic ring is 1. The van der Waals surface area contributed by atoms with E-state index in [1.807, 2.05) is 12.3 Å². The molecule has 20 heavy (non-hydrogen) atoms. The van der Waals surface area contributed by atoms with Crippen molar-refractivity contribution >= 4 is 27.2 Å². The summed E-state index contributed by atoms with van der Waals surface area (Å²) in [6.45, 7) is 2.24. The first-order valence-corrected chi connectivity index (χ1v) is 8.39. The lowest BCUT2D eigenvalue weighted by Crippen LogP contribution is -2.28. The average molecular weight is 316 g/mol. The van der Waals surface area contributed by atoms with E-state index in [1.54, 1.807) is 11.4 Å². The predicted molar refractivity (Wildman–Crippen MR) is 76.8 cm³/mol. The minimum Gasteiger partial charge on any atom is -0.387 e. The minimum absolute atomic E-state index is 0.0515. The lowest BCUT2D eigenvalue weighted by atomic mass is 10.2. The maximum atomic E-state index is 12.1. The van der Waals surface area contributed by atoms with Gasteiger partial charge in [-0.15, -0.1) is 0 Å². The van der Waals surface area contributed by atoms with Crippen molar-refractivity contribution in [3.05, 3.63) is 28.6 Å². The van der Waals surface area contributed by atoms with Crippen LogP contribution in [0.4, 0.5) is 5.82 Å². The normalized spacial score (nSPS) is 13.5. The maximum absolute atomic E-state index is 12.1. The van der Waals surface area contributed by atoms with Gasteiger partial charge in [-0.25, -0.2) is 13.1 Å². The molecule has 0 aromatic carbocycles. The number of thiophene rings is 1. The fourth-order valence-electron chi connectivity index (χ4n) is 1.64. The third-order valence-electron chi connectivity index (χ3n) is 2.76. The van der Waals surface area contributed by atoms with Crippen molar-refractivity contribution in [1.82, 2.24) is 14.5 Å². The molecule has 0 bridgehead atoms. The molecule has 2 rings (SSSR count). The quantitative estimate of drug-likeness (QED) is 0.721. The molecule has 0 saturated carbocycles. The third-order valence-corrected chi connectivity index (χ3v) is 4.90. The summed E-state index contributed by atoms with van der Waals surface area (Å²) >= 11 is 1.44. The molecule has 9 heteroatoms. The molecule has 1 unspecified atom stereocenters. The van der Waals surface area contributed by atoms with Gasteiger partial charge in [0, 0.05) is 19.3 Å². The summed E-state index contributed by atoms with van der Waals surface area (Å²) < 4.78 is 28.0. The molecule has 0 radical (unpaired) electrons. The van der Waals surface area contributed by atoms with Gasteiger partial charge < -0.3 is 10.8 Å². The fraction of sp³-hybridized carbons (Fsp3) is 0.364. The van der Waals surface area contributed by atoms with Crippen LogP contribution >= 0.6 is 11.3 Å². The Morgan fingerprint density at radius 3 is 2.90 bits per heavy atom. The number of rotatable bonds is 6. The summed E-state index contributed by atoms with van der Waals surface area (Å²) in [4.78, 5) is -0.0723. The molecule has 0 fully saturated rings. The molecule has 0 aliphatic carbocycles. The number of nitrogens with zero attached hydrogens (tertiary/aromatic N) is 2. The van der Waals surface area contributed by atoms with Crippen LogP contribution in [0.5, 0.6) is 0 Å². The standard InChI is InChI=1S/C11H16N4O3S2/c1-2-15-6-10(11(12)14-15)20(17,18)13-5-9(16)8-3-4-19-7-8/h3-4,6-7,9,13,16H,2,5H2,1H3,(H2,12,14). The number of nitrogens with one attached hydrogen (secondary N) is 1. The Morgan fingerprint density at radius 1 is 1.60 bits per heavy atom. The zero-order valence-electron chi connectivity index (χ0n) is 10.9. The summed E-state index contributed by atoms with van der Waals surface area (Å²) in [6.07, 6.45) is 0.479. The first-order chi connectivity index (χ1) is 9.44. The van der Waals surface area contributed by atoms with Gasteiger partial charge in [0.15, 0.2) is 5.82 Å². The molecule has 0 aliphatic rings. The molecular formula is C11H16N4O3S2. The van der Waals surface area contributed by atoms with Crippen molar-refractivity contribution < 1.29 is 13.5 Å². The van der Waals surface area contributed by atoms with Crippen LogP contribution in [0.2, 0.25) is 0 Å². The SMILES string of the molecule is CCn1cc(S(=O)(=O)NCC(O)c2ccsc2)c(N)n1. The van der Waals surface area contributed by atoms with E-state index in [1.165, 1.54) is 22.2 Å². The minimum atomic E-state index is -3.78. The summed E-state index contributed by atoms with van der Waals surface area (Å²) in [5, 5.41) is 17.3. The van der Waals surface area contributed by atoms with Crippen LogP contribution in [0, 0.1) is 0 Å². The van der Waals surface area contributed by atoms with E-state index in [-0.39, 0.29) is 17.3 Å². The molecule has 0 spiro atoms. The van der Waals surface area contributed by atoms with Gasteiger partial charge in [0.2, 0.25) is 10.0 Å². The third kappa shape index (κ3) is 3.18. The topological polar surface area (TPSA) is 110 Å². The molecule has 4 N–H and O–H groups in total. The first kappa shape index (κ1) is 15.0. The van der Waals surface area contributed by atoms with Gasteiger partial charge in [0.25, 0.3) is 0 Å². The Hall–Kier alpha value is -1.42. The van der Waals surface area contributed by atoms with E-state index < -0.39 is 16.1 Å². The Bertz CT molecular complexity index is 664. The maximum Gasteiger partial charge on any atom is 0.245 e. The van der Waals surface area contributed by atoms with Crippen LogP contribution in [0.25, 0.3) is 0 Å². The smallest absolute Gasteiger partial charge is 0.245 e. The van der Waals surface area contributed by atoms with Crippen LogP contribution < -0.4 is 10.5 Å². The predicted octanol–water partition coefficient (Wildman–Crippen LogP) is 0.559. The highest BCUT2D eigenvalue weighted by atomic mass is 32.2. The lowest BCUT2D eigenvalue weighted by Gasteiger charge is -2.10. The molecule has 2 aromatic rings. The van der Waals surface area contributed by atoms with E-state index in [2.05, 4.69) is 9.82 Å². The number of sulfonamides is 1. The second kappa shape index (κ2) is 5.92. The molecule has 0 aliphatic heterocycles. The van der Waals surface area contributed by atoms with Crippen LogP contribution in [0.1, 0.15) is 18.6 Å². The Labute approximate surface area is 121 Å². The van der Waals surface area contributed by atoms with Gasteiger partial charge in [-0.1, -0.05) is 0 Å². The van der Waals surface area contributed by atoms with Gasteiger partial charge in [0.05, 0.1) is 6.10 Å². The highest BCUT2D eigenvalue weighted by molar-refractivity contribution is 7.89. The monoisotopic (exact) mass is 316 g/mol. The molecule has 7 nitrogen and oxygen atoms in total. The van der Waals surface area contributed by atoms with E-state index in [4.69, 9.17) is 5.73 Å². The van der Waals surface area contributed by atoms with Crippen molar-refractivity contribution in [3.63, 3.8) is 0 Å². The van der Waals surface area contributed by atoms with Crippen molar-refractivity contribution in [1.29, 1.82) is 0 Å². The van der Waals surface area contributed by atoms with E-state index in [0.717, 1.165) is 0 Å². The largest absolute Gasteiger partial charge is 0.387 e. The lowest BCUT2D eigenvalue weighted by molar-refractivity contribution is 0.182. The van der Waals surface area contributed by atoms with Crippen LogP contribution in [-0.4, -0.2) is 29.8 Å². The number of aromatic nitrogens is 2. The summed E-state index contributed by atoms with van der Waals surface area (Å²) in [7, 11) is -3.78. The summed E-state index contributed by atoms with van der Waals surface area (Å²) in [5.74, 6) is -0.0515. The number of hydrogen-bond acceptors (Lipinski definition) is 6. The number of aliphatic hydroxyl groups excluding tert-OH is 1. The number of aliphatic hydroxyl groups is 1. The van der Waals surface area contributed by atoms with Crippen molar-refractivity contribution in [2.24, 2.45) is 0 Å². The summed E-state index contributed by atoms with van der Waals surface area (Å²) in [6, 6.07) is 1.74. The van der Waals surface area contributed by atoms with Crippen molar-refractivity contribution in [2.45, 2.75) is 24.5 Å². The van der Waals surface area contributed by atoms with Crippen molar-refractivity contribution in [3.8, 4) is 0 Å². The fourth-order valence-corrected chi connectivity index (χ4v) is 3.45. The number of anilines is 1. The molecule has 1 atom stereocenters. The number of aryl methyl sites for hydroxylation is 1. The second-order valence-corrected chi connectivity index (χ2v) is 6.67. The zero-order chi connectivity index (χ0) is 14.8. The Balaban J connectivity index is 2.09. The van der Waals surface area contributed by atoms with Gasteiger partial charge in [-0.2, -0.15) is 16.4 Å². The molecule has 2 aromatic heterocycles. The Kier molecular flexibility index (Phi) is 4.43. The van der Waals surface area contributed by atoms with E-state index in [0.29, 0.717) is 12.1 Å². The average Bonchev–Trinajstić information content (AvgIpc) is 3.05. The number of hydrogen-bond donors (Lipinski definition) is 3. The van der Waals surface area contributed by atoms with Crippen molar-refractivity contribution in [2.75, 3.05) is 12.3 Å². The highest BCUT2D eigenvalue weighted by Crippen LogP contribution is 2.18. The van der Waals surface area contributed by atoms with Gasteiger partial charge in [0.1, 0.15) is 4.90 Å². The molecular weight excluding hydrogens is 300 g/mol. The number of nitrogens with two attached hydrogens (primary N) is 1.